The van der Waals surface area contributed by atoms with Crippen molar-refractivity contribution in [2.45, 2.75) is 18.6 Å². The monoisotopic (exact) mass is 447 g/mol. The van der Waals surface area contributed by atoms with Crippen LogP contribution < -0.4 is 10.7 Å². The van der Waals surface area contributed by atoms with Crippen molar-refractivity contribution < 1.29 is 9.18 Å². The van der Waals surface area contributed by atoms with Crippen LogP contribution in [0.2, 0.25) is 0 Å². The lowest BCUT2D eigenvalue weighted by Crippen LogP contribution is -2.32. The molecule has 0 atom stereocenters. The molecule has 0 aliphatic heterocycles. The van der Waals surface area contributed by atoms with Gasteiger partial charge in [0.15, 0.2) is 5.82 Å². The molecule has 3 aromatic carbocycles. The maximum atomic E-state index is 13.2. The third kappa shape index (κ3) is 4.97. The summed E-state index contributed by atoms with van der Waals surface area (Å²) in [6, 6.07) is 23.5. The largest absolute Gasteiger partial charge is 0.335 e. The van der Waals surface area contributed by atoms with E-state index in [4.69, 9.17) is 5.84 Å². The maximum Gasteiger partial charge on any atom is 0.237 e. The van der Waals surface area contributed by atoms with Gasteiger partial charge in [0, 0.05) is 11.3 Å². The van der Waals surface area contributed by atoms with Crippen LogP contribution in [0, 0.1) is 12.7 Å². The quantitative estimate of drug-likeness (QED) is 0.335. The van der Waals surface area contributed by atoms with Gasteiger partial charge in [-0.1, -0.05) is 54.2 Å². The number of hydrogen-bond acceptors (Lipinski definition) is 5. The van der Waals surface area contributed by atoms with Gasteiger partial charge in [-0.25, -0.2) is 9.07 Å². The Morgan fingerprint density at radius 1 is 1.03 bits per heavy atom. The highest BCUT2D eigenvalue weighted by Crippen LogP contribution is 2.24. The van der Waals surface area contributed by atoms with Crippen LogP contribution in [0.1, 0.15) is 11.1 Å². The van der Waals surface area contributed by atoms with E-state index < -0.39 is 0 Å². The summed E-state index contributed by atoms with van der Waals surface area (Å²) in [5.41, 5.74) is 3.59. The SMILES string of the molecule is Cc1cccc(N(Cc2ccccc2)C(=O)CSc2nnc(-c3ccc(F)cc3)n2N)c1. The lowest BCUT2D eigenvalue weighted by Gasteiger charge is -2.23. The number of benzene rings is 3. The minimum Gasteiger partial charge on any atom is -0.335 e. The molecule has 6 nitrogen and oxygen atoms in total. The molecule has 4 aromatic rings. The number of anilines is 1. The summed E-state index contributed by atoms with van der Waals surface area (Å²) in [5.74, 6) is 6.27. The van der Waals surface area contributed by atoms with Gasteiger partial charge in [0.25, 0.3) is 0 Å². The molecule has 162 valence electrons. The number of carbonyl (C=O) groups excluding carboxylic acids is 1. The molecule has 0 aliphatic rings. The number of aryl methyl sites for hydroxylation is 1. The molecule has 1 amide bonds. The Bertz CT molecular complexity index is 1210. The van der Waals surface area contributed by atoms with Gasteiger partial charge in [-0.3, -0.25) is 4.79 Å². The average molecular weight is 448 g/mol. The first-order chi connectivity index (χ1) is 15.5. The van der Waals surface area contributed by atoms with Gasteiger partial charge in [0.05, 0.1) is 12.3 Å². The van der Waals surface area contributed by atoms with Crippen molar-refractivity contribution in [3.63, 3.8) is 0 Å². The van der Waals surface area contributed by atoms with Crippen molar-refractivity contribution in [1.82, 2.24) is 14.9 Å². The zero-order valence-corrected chi connectivity index (χ0v) is 18.3. The van der Waals surface area contributed by atoms with E-state index in [1.54, 1.807) is 17.0 Å². The van der Waals surface area contributed by atoms with Crippen LogP contribution in [0.5, 0.6) is 0 Å². The van der Waals surface area contributed by atoms with Crippen LogP contribution in [0.25, 0.3) is 11.4 Å². The Morgan fingerprint density at radius 2 is 1.78 bits per heavy atom. The minimum absolute atomic E-state index is 0.0733. The fourth-order valence-corrected chi connectivity index (χ4v) is 3.99. The standard InChI is InChI=1S/C24H22FN5OS/c1-17-6-5-9-21(14-17)29(15-18-7-3-2-4-8-18)22(31)16-32-24-28-27-23(30(24)26)19-10-12-20(25)13-11-19/h2-14H,15-16,26H2,1H3. The van der Waals surface area contributed by atoms with Gasteiger partial charge >= 0.3 is 0 Å². The fraction of sp³-hybridized carbons (Fsp3) is 0.125. The number of nitrogens with zero attached hydrogens (tertiary/aromatic N) is 4. The van der Waals surface area contributed by atoms with E-state index in [0.29, 0.717) is 23.1 Å². The number of nitrogens with two attached hydrogens (primary N) is 1. The van der Waals surface area contributed by atoms with Crippen molar-refractivity contribution in [2.75, 3.05) is 16.5 Å². The summed E-state index contributed by atoms with van der Waals surface area (Å²) in [5, 5.41) is 8.60. The van der Waals surface area contributed by atoms with E-state index in [-0.39, 0.29) is 17.5 Å². The Balaban J connectivity index is 1.52. The molecular weight excluding hydrogens is 425 g/mol. The summed E-state index contributed by atoms with van der Waals surface area (Å²) in [7, 11) is 0. The maximum absolute atomic E-state index is 13.2. The second kappa shape index (κ2) is 9.65. The molecule has 1 heterocycles. The molecule has 0 unspecified atom stereocenters. The molecule has 0 aliphatic carbocycles. The Hall–Kier alpha value is -3.65. The smallest absolute Gasteiger partial charge is 0.237 e. The fourth-order valence-electron chi connectivity index (χ4n) is 3.26. The molecular formula is C24H22FN5OS. The first-order valence-corrected chi connectivity index (χ1v) is 11.0. The van der Waals surface area contributed by atoms with Crippen LogP contribution in [0.4, 0.5) is 10.1 Å². The molecule has 1 aromatic heterocycles. The van der Waals surface area contributed by atoms with Crippen molar-refractivity contribution in [2.24, 2.45) is 0 Å². The number of nitrogen functional groups attached to an aromatic ring is 1. The van der Waals surface area contributed by atoms with Crippen molar-refractivity contribution in [3.8, 4) is 11.4 Å². The number of thioether (sulfide) groups is 1. The Kier molecular flexibility index (Phi) is 6.51. The van der Waals surface area contributed by atoms with Crippen LogP contribution in [0.3, 0.4) is 0 Å². The first kappa shape index (κ1) is 21.6. The lowest BCUT2D eigenvalue weighted by molar-refractivity contribution is -0.116. The van der Waals surface area contributed by atoms with E-state index in [2.05, 4.69) is 10.2 Å². The van der Waals surface area contributed by atoms with Crippen molar-refractivity contribution >= 4 is 23.4 Å². The van der Waals surface area contributed by atoms with E-state index in [0.717, 1.165) is 16.8 Å². The second-order valence-electron chi connectivity index (χ2n) is 7.28. The summed E-state index contributed by atoms with van der Waals surface area (Å²) in [6.45, 7) is 2.46. The van der Waals surface area contributed by atoms with Crippen LogP contribution in [-0.4, -0.2) is 26.5 Å². The second-order valence-corrected chi connectivity index (χ2v) is 8.22. The highest BCUT2D eigenvalue weighted by molar-refractivity contribution is 7.99. The molecule has 0 fully saturated rings. The summed E-state index contributed by atoms with van der Waals surface area (Å²) in [6.07, 6.45) is 0. The number of hydrogen-bond donors (Lipinski definition) is 1. The molecule has 4 rings (SSSR count). The zero-order chi connectivity index (χ0) is 22.5. The van der Waals surface area contributed by atoms with E-state index in [1.807, 2.05) is 61.5 Å². The first-order valence-electron chi connectivity index (χ1n) is 10.0. The summed E-state index contributed by atoms with van der Waals surface area (Å²) >= 11 is 1.21. The lowest BCUT2D eigenvalue weighted by atomic mass is 10.1. The minimum atomic E-state index is -0.341. The predicted octanol–water partition coefficient (Wildman–Crippen LogP) is 4.43. The number of aromatic nitrogens is 3. The number of carbonyl (C=O) groups is 1. The van der Waals surface area contributed by atoms with Crippen molar-refractivity contribution in [1.29, 1.82) is 0 Å². The third-order valence-corrected chi connectivity index (χ3v) is 5.82. The molecule has 0 radical (unpaired) electrons. The van der Waals surface area contributed by atoms with E-state index >= 15 is 0 Å². The zero-order valence-electron chi connectivity index (χ0n) is 17.5. The van der Waals surface area contributed by atoms with E-state index in [1.165, 1.54) is 28.6 Å². The number of rotatable bonds is 7. The molecule has 8 heteroatoms. The van der Waals surface area contributed by atoms with Crippen LogP contribution >= 0.6 is 11.8 Å². The average Bonchev–Trinajstić information content (AvgIpc) is 3.17. The molecule has 0 spiro atoms. The Labute approximate surface area is 189 Å². The number of amides is 1. The van der Waals surface area contributed by atoms with Gasteiger partial charge in [-0.2, -0.15) is 0 Å². The van der Waals surface area contributed by atoms with Gasteiger partial charge in [0.1, 0.15) is 5.82 Å². The number of halogens is 1. The normalized spacial score (nSPS) is 10.8. The topological polar surface area (TPSA) is 77.0 Å². The summed E-state index contributed by atoms with van der Waals surface area (Å²) in [4.78, 5) is 15.0. The molecule has 32 heavy (non-hydrogen) atoms. The highest BCUT2D eigenvalue weighted by atomic mass is 32.2. The molecule has 0 saturated heterocycles. The summed E-state index contributed by atoms with van der Waals surface area (Å²) < 4.78 is 14.5. The van der Waals surface area contributed by atoms with Gasteiger partial charge in [0.2, 0.25) is 11.1 Å². The Morgan fingerprint density at radius 3 is 2.50 bits per heavy atom. The van der Waals surface area contributed by atoms with Gasteiger partial charge < -0.3 is 10.7 Å². The molecule has 2 N–H and O–H groups in total. The van der Waals surface area contributed by atoms with Crippen molar-refractivity contribution in [3.05, 3.63) is 95.8 Å². The van der Waals surface area contributed by atoms with Gasteiger partial charge in [-0.15, -0.1) is 10.2 Å². The van der Waals surface area contributed by atoms with Gasteiger partial charge in [-0.05, 0) is 54.4 Å². The predicted molar refractivity (Wildman–Crippen MR) is 125 cm³/mol. The van der Waals surface area contributed by atoms with Crippen LogP contribution in [-0.2, 0) is 11.3 Å². The highest BCUT2D eigenvalue weighted by Gasteiger charge is 2.19. The van der Waals surface area contributed by atoms with Crippen LogP contribution in [0.15, 0.2) is 84.0 Å². The third-order valence-electron chi connectivity index (χ3n) is 4.89. The molecule has 0 saturated carbocycles. The molecule has 0 bridgehead atoms. The van der Waals surface area contributed by atoms with E-state index in [9.17, 15) is 9.18 Å².